The number of amidine groups is 1. The number of ether oxygens (including phenoxy) is 1. The van der Waals surface area contributed by atoms with Crippen molar-refractivity contribution in [3.8, 4) is 53.1 Å². The molecular formula is C109H98ClF4N17O4. The SMILES string of the molecule is CC1(C)CN=C(c2ccc(C#Cc3cc(N)nc4ccccc34)cc2F)N1.Cc1cc(NC(=O)Nc2ccc(C#Cc3cc(N)nc4ccccc34)cc2)ccc1Cl.Cc1ccc(C(=O)NCc2ccc(OCCN(C)C)cc2)cc1C#Cc1cc(N)nc2ccccc12.Cc1ccc(C(=O)Nc2ccc(CN3CCN(C)CC3)c(C(F)(F)F)c2)cc1C#Cc1cc(N)nc2ccccc12. The number of amides is 4. The summed E-state index contributed by atoms with van der Waals surface area (Å²) in [6.07, 6.45) is -4.55. The van der Waals surface area contributed by atoms with Gasteiger partial charge in [-0.2, -0.15) is 13.2 Å². The van der Waals surface area contributed by atoms with Crippen LogP contribution in [0.3, 0.4) is 0 Å². The number of pyridine rings is 4. The van der Waals surface area contributed by atoms with Crippen LogP contribution in [0.4, 0.5) is 62.7 Å². The van der Waals surface area contributed by atoms with Gasteiger partial charge in [-0.15, -0.1) is 0 Å². The smallest absolute Gasteiger partial charge is 0.416 e. The molecule has 0 atom stereocenters. The Kier molecular flexibility index (Phi) is 30.4. The standard InChI is InChI=1S/C32H30F3N5O.C30H30N4O2.C25H19ClN4O.C22H19FN4/c1-21-7-8-24(17-22(21)9-10-23-18-30(36)38-29-6-4-3-5-27(23)29)31(41)37-26-12-11-25(28(19-26)32(33,34)35)20-40-15-13-39(2)14-16-40;1-21-8-11-25(30(35)32-20-22-9-14-26(15-10-22)36-17-16-34(2)3)18-23(21)12-13-24-19-29(31)33-28-7-5-4-6-27(24)28;1-16-14-20(12-13-22(16)26)29-25(31)28-19-10-7-17(8-11-19)6-9-18-15-24(27)30-23-5-3-2-4-21(18)23;1-22(2)13-25-21(27-22)17-10-8-14(11-18(17)23)7-9-15-12-20(24)26-19-6-4-3-5-16(15)19/h3-8,11-12,17-19H,13-16,20H2,1-2H3,(H2,36,38)(H,37,41);4-11,14-15,18-19H,16-17,20H2,1-3H3,(H2,31,33)(H,32,35);2-5,7-8,10-15H,1H3,(H2,27,30)(H2,28,29,31);3-6,8,10-12H,13H2,1-2H3,(H2,24,26)(H,25,27). The second-order valence-corrected chi connectivity index (χ2v) is 33.8. The zero-order valence-corrected chi connectivity index (χ0v) is 76.4. The van der Waals surface area contributed by atoms with E-state index in [4.69, 9.17) is 39.3 Å². The van der Waals surface area contributed by atoms with Crippen molar-refractivity contribution in [3.05, 3.63) is 366 Å². The number of nitrogens with zero attached hydrogens (tertiary/aromatic N) is 8. The number of halogens is 5. The van der Waals surface area contributed by atoms with Gasteiger partial charge in [-0.1, -0.05) is 162 Å². The first-order valence-corrected chi connectivity index (χ1v) is 43.8. The number of hydrogen-bond donors (Lipinski definition) is 9. The monoisotopic (exact) mass is 1820 g/mol. The van der Waals surface area contributed by atoms with Crippen LogP contribution in [0, 0.1) is 74.0 Å². The molecule has 4 aromatic heterocycles. The molecule has 1 fully saturated rings. The molecule has 17 rings (SSSR count). The van der Waals surface area contributed by atoms with Crippen LogP contribution in [-0.2, 0) is 19.3 Å². The van der Waals surface area contributed by atoms with Crippen molar-refractivity contribution < 1.29 is 36.7 Å². The maximum Gasteiger partial charge on any atom is 0.416 e. The number of likely N-dealkylation sites (N-methyl/N-ethyl adjacent to an activating group) is 2. The van der Waals surface area contributed by atoms with E-state index in [2.05, 4.69) is 109 Å². The van der Waals surface area contributed by atoms with Crippen LogP contribution in [0.5, 0.6) is 5.75 Å². The molecule has 0 unspecified atom stereocenters. The van der Waals surface area contributed by atoms with Crippen molar-refractivity contribution in [1.82, 2.24) is 45.3 Å². The van der Waals surface area contributed by atoms with E-state index < -0.39 is 17.6 Å². The Morgan fingerprint density at radius 2 is 0.948 bits per heavy atom. The number of fused-ring (bicyclic) bond motifs is 4. The predicted octanol–water partition coefficient (Wildman–Crippen LogP) is 19.2. The zero-order chi connectivity index (χ0) is 95.5. The van der Waals surface area contributed by atoms with Crippen LogP contribution in [0.15, 0.2) is 266 Å². The number of benzene rings is 11. The predicted molar refractivity (Wildman–Crippen MR) is 535 cm³/mol. The summed E-state index contributed by atoms with van der Waals surface area (Å²) >= 11 is 6.01. The van der Waals surface area contributed by atoms with Crippen molar-refractivity contribution in [3.63, 3.8) is 0 Å². The summed E-state index contributed by atoms with van der Waals surface area (Å²) in [4.78, 5) is 66.1. The fourth-order valence-electron chi connectivity index (χ4n) is 14.6. The summed E-state index contributed by atoms with van der Waals surface area (Å²) in [7, 11) is 6.02. The normalized spacial score (nSPS) is 12.6. The van der Waals surface area contributed by atoms with E-state index >= 15 is 0 Å². The van der Waals surface area contributed by atoms with Crippen LogP contribution in [0.25, 0.3) is 43.6 Å². The number of rotatable bonds is 14. The molecule has 6 heterocycles. The minimum Gasteiger partial charge on any atom is -0.492 e. The van der Waals surface area contributed by atoms with Gasteiger partial charge in [-0.05, 0) is 241 Å². The Hall–Kier alpha value is -16.1. The number of nitrogens with two attached hydrogens (primary N) is 4. The number of carbonyl (C=O) groups is 3. The molecule has 0 aliphatic carbocycles. The first-order chi connectivity index (χ1) is 64.8. The molecule has 21 nitrogen and oxygen atoms in total. The number of nitrogen functional groups attached to an aromatic ring is 4. The lowest BCUT2D eigenvalue weighted by molar-refractivity contribution is -0.138. The summed E-state index contributed by atoms with van der Waals surface area (Å²) in [6, 6.07) is 77.3. The maximum atomic E-state index is 14.6. The van der Waals surface area contributed by atoms with Gasteiger partial charge in [0.2, 0.25) is 0 Å². The number of aromatic nitrogens is 4. The number of piperazine rings is 1. The van der Waals surface area contributed by atoms with Crippen LogP contribution < -0.4 is 54.3 Å². The molecule has 135 heavy (non-hydrogen) atoms. The summed E-state index contributed by atoms with van der Waals surface area (Å²) in [5.74, 6) is 27.1. The van der Waals surface area contributed by atoms with E-state index in [1.807, 2.05) is 218 Å². The van der Waals surface area contributed by atoms with Crippen molar-refractivity contribution in [2.75, 3.05) is 106 Å². The summed E-state index contributed by atoms with van der Waals surface area (Å²) in [5, 5.41) is 18.8. The number of carbonyl (C=O) groups excluding carboxylic acids is 3. The third-order valence-corrected chi connectivity index (χ3v) is 22.4. The second-order valence-electron chi connectivity index (χ2n) is 33.4. The number of aryl methyl sites for hydroxylation is 3. The molecule has 678 valence electrons. The molecule has 4 amide bonds. The van der Waals surface area contributed by atoms with Gasteiger partial charge in [0.1, 0.15) is 47.3 Å². The van der Waals surface area contributed by atoms with Crippen molar-refractivity contribution in [1.29, 1.82) is 0 Å². The molecule has 0 radical (unpaired) electrons. The molecule has 0 bridgehead atoms. The highest BCUT2D eigenvalue weighted by Crippen LogP contribution is 2.36. The molecule has 0 spiro atoms. The van der Waals surface area contributed by atoms with Gasteiger partial charge in [0.25, 0.3) is 11.8 Å². The molecular weight excluding hydrogens is 1720 g/mol. The molecule has 0 saturated carbocycles. The van der Waals surface area contributed by atoms with Crippen molar-refractivity contribution in [2.24, 2.45) is 4.99 Å². The Morgan fingerprint density at radius 1 is 0.496 bits per heavy atom. The van der Waals surface area contributed by atoms with Gasteiger partial charge >= 0.3 is 12.2 Å². The number of anilines is 7. The van der Waals surface area contributed by atoms with Crippen molar-refractivity contribution in [2.45, 2.75) is 59.4 Å². The third-order valence-electron chi connectivity index (χ3n) is 22.0. The van der Waals surface area contributed by atoms with E-state index in [9.17, 15) is 31.9 Å². The van der Waals surface area contributed by atoms with Crippen molar-refractivity contribution >= 4 is 119 Å². The van der Waals surface area contributed by atoms with Gasteiger partial charge in [0.15, 0.2) is 0 Å². The highest BCUT2D eigenvalue weighted by Gasteiger charge is 2.35. The fraction of sp³-hybridized carbons (Fsp3) is 0.174. The molecule has 13 N–H and O–H groups in total. The van der Waals surface area contributed by atoms with E-state index in [0.717, 1.165) is 125 Å². The number of urea groups is 1. The quantitative estimate of drug-likeness (QED) is 0.0361. The first-order valence-electron chi connectivity index (χ1n) is 43.4. The second kappa shape index (κ2) is 43.3. The zero-order valence-electron chi connectivity index (χ0n) is 75.6. The number of hydrogen-bond acceptors (Lipinski definition) is 17. The van der Waals surface area contributed by atoms with Gasteiger partial charge in [0, 0.05) is 145 Å². The van der Waals surface area contributed by atoms with Gasteiger partial charge in [0.05, 0.1) is 45.3 Å². The Bertz CT molecular complexity index is 7300. The minimum atomic E-state index is -4.55. The van der Waals surface area contributed by atoms with Crippen LogP contribution in [0.1, 0.15) is 118 Å². The minimum absolute atomic E-state index is 0.0800. The van der Waals surface area contributed by atoms with Gasteiger partial charge in [-0.3, -0.25) is 19.5 Å². The maximum absolute atomic E-state index is 14.6. The lowest BCUT2D eigenvalue weighted by Crippen LogP contribution is -2.44. The van der Waals surface area contributed by atoms with E-state index in [-0.39, 0.29) is 46.7 Å². The molecule has 26 heteroatoms. The summed E-state index contributed by atoms with van der Waals surface area (Å²) in [6.45, 7) is 15.6. The summed E-state index contributed by atoms with van der Waals surface area (Å²) < 4.78 is 62.3. The third kappa shape index (κ3) is 26.0. The molecule has 2 aliphatic rings. The lowest BCUT2D eigenvalue weighted by Gasteiger charge is -2.33. The highest BCUT2D eigenvalue weighted by atomic mass is 35.5. The summed E-state index contributed by atoms with van der Waals surface area (Å²) in [5.41, 5.74) is 38.5. The fourth-order valence-corrected chi connectivity index (χ4v) is 14.8. The number of nitrogens with one attached hydrogen (secondary N) is 5. The number of alkyl halides is 3. The molecule has 11 aromatic carbocycles. The molecule has 1 saturated heterocycles. The molecule has 15 aromatic rings. The Balaban J connectivity index is 0.000000146. The van der Waals surface area contributed by atoms with Gasteiger partial charge < -0.3 is 64.1 Å². The van der Waals surface area contributed by atoms with E-state index in [0.29, 0.717) is 106 Å². The topological polar surface area (TPSA) is 298 Å². The van der Waals surface area contributed by atoms with E-state index in [1.165, 1.54) is 18.2 Å². The number of aliphatic imine (C=N–C) groups is 1. The Morgan fingerprint density at radius 3 is 1.43 bits per heavy atom. The van der Waals surface area contributed by atoms with Crippen LogP contribution in [-0.4, -0.2) is 131 Å². The van der Waals surface area contributed by atoms with Crippen LogP contribution in [0.2, 0.25) is 5.02 Å². The average molecular weight is 1820 g/mol. The van der Waals surface area contributed by atoms with E-state index in [1.54, 1.807) is 78.9 Å². The highest BCUT2D eigenvalue weighted by molar-refractivity contribution is 6.31. The Labute approximate surface area is 786 Å². The largest absolute Gasteiger partial charge is 0.492 e. The average Bonchev–Trinajstić information content (AvgIpc) is 1.46. The van der Waals surface area contributed by atoms with Crippen LogP contribution >= 0.6 is 11.6 Å². The lowest BCUT2D eigenvalue weighted by atomic mass is 10.0. The van der Waals surface area contributed by atoms with Gasteiger partial charge in [-0.25, -0.2) is 29.1 Å². The first kappa shape index (κ1) is 95.0. The molecule has 2 aliphatic heterocycles. The number of para-hydroxylation sites is 4.